The van der Waals surface area contributed by atoms with Crippen LogP contribution in [0.2, 0.25) is 5.04 Å². The molecule has 3 aliphatic rings. The molecule has 1 aliphatic heterocycles. The number of fused-ring (bicyclic) bond motifs is 1. The lowest BCUT2D eigenvalue weighted by atomic mass is 9.74. The molecule has 0 unspecified atom stereocenters. The van der Waals surface area contributed by atoms with Crippen LogP contribution in [0.25, 0.3) is 28.0 Å². The van der Waals surface area contributed by atoms with E-state index >= 15 is 0 Å². The predicted octanol–water partition coefficient (Wildman–Crippen LogP) is 8.24. The molecule has 2 aromatic carbocycles. The van der Waals surface area contributed by atoms with Crippen LogP contribution in [-0.4, -0.2) is 67.5 Å². The highest BCUT2D eigenvalue weighted by Gasteiger charge is 2.50. The van der Waals surface area contributed by atoms with E-state index in [-0.39, 0.29) is 16.4 Å². The van der Waals surface area contributed by atoms with Crippen molar-refractivity contribution < 1.29 is 9.59 Å². The fourth-order valence-electron chi connectivity index (χ4n) is 10.4. The zero-order chi connectivity index (χ0) is 42.9. The lowest BCUT2D eigenvalue weighted by Gasteiger charge is -2.42. The molecule has 2 aliphatic carbocycles. The first-order valence-corrected chi connectivity index (χ1v) is 24.7. The van der Waals surface area contributed by atoms with Crippen molar-refractivity contribution in [1.29, 1.82) is 5.26 Å². The number of benzene rings is 2. The van der Waals surface area contributed by atoms with Crippen LogP contribution in [0.1, 0.15) is 109 Å². The molecule has 62 heavy (non-hydrogen) atoms. The summed E-state index contributed by atoms with van der Waals surface area (Å²) in [6.45, 7) is 8.23. The summed E-state index contributed by atoms with van der Waals surface area (Å²) in [7, 11) is -3.03. The summed E-state index contributed by atoms with van der Waals surface area (Å²) in [5, 5.41) is 24.7. The molecule has 6 aromatic rings. The first-order valence-electron chi connectivity index (χ1n) is 22.8. The Morgan fingerprint density at radius 2 is 1.58 bits per heavy atom. The summed E-state index contributed by atoms with van der Waals surface area (Å²) in [5.74, 6) is 1.70. The molecule has 4 aromatic heterocycles. The summed E-state index contributed by atoms with van der Waals surface area (Å²) >= 11 is 0. The number of nitrogens with one attached hydrogen (secondary N) is 1. The molecule has 0 bridgehead atoms. The van der Waals surface area contributed by atoms with Crippen molar-refractivity contribution in [2.75, 3.05) is 18.0 Å². The van der Waals surface area contributed by atoms with Gasteiger partial charge in [-0.1, -0.05) is 87.9 Å². The fraction of sp³-hybridized carbons (Fsp3) is 0.440. The second kappa shape index (κ2) is 17.3. The molecule has 12 heteroatoms. The second-order valence-electron chi connectivity index (χ2n) is 18.8. The van der Waals surface area contributed by atoms with Crippen LogP contribution >= 0.6 is 0 Å². The van der Waals surface area contributed by atoms with E-state index < -0.39 is 8.32 Å². The lowest BCUT2D eigenvalue weighted by molar-refractivity contribution is -0.133. The minimum Gasteiger partial charge on any atom is -0.424 e. The van der Waals surface area contributed by atoms with Crippen LogP contribution in [0.4, 0.5) is 5.82 Å². The van der Waals surface area contributed by atoms with Crippen LogP contribution in [0.15, 0.2) is 104 Å². The molecule has 11 nitrogen and oxygen atoms in total. The van der Waals surface area contributed by atoms with Gasteiger partial charge >= 0.3 is 0 Å². The van der Waals surface area contributed by atoms with E-state index in [1.807, 2.05) is 67.1 Å². The number of nitriles is 1. The summed E-state index contributed by atoms with van der Waals surface area (Å²) in [6, 6.07) is 27.7. The Kier molecular flexibility index (Phi) is 11.6. The number of nitrogens with zero attached hydrogens (tertiary/aromatic N) is 8. The Balaban J connectivity index is 0.866. The molecule has 320 valence electrons. The van der Waals surface area contributed by atoms with E-state index in [1.54, 1.807) is 10.7 Å². The first kappa shape index (κ1) is 41.7. The van der Waals surface area contributed by atoms with Crippen LogP contribution in [0, 0.1) is 22.7 Å². The SMILES string of the molecule is CCC1(C(=O)NC2CCC2)CCN(c2ccc(-c3nc(-c4cnn(C5CCC(CCC(C)(C)[Si](O)(c6ccccc6)c6ccccc6)CC5)c4)cn4ncc(C#N)c34)cn2)CC1. The molecule has 1 amide bonds. The fourth-order valence-corrected chi connectivity index (χ4v) is 14.1. The average Bonchev–Trinajstić information content (AvgIpc) is 3.98. The number of aromatic nitrogens is 6. The number of amides is 1. The molecule has 9 rings (SSSR count). The van der Waals surface area contributed by atoms with Crippen molar-refractivity contribution in [3.8, 4) is 28.6 Å². The Hall–Kier alpha value is -5.64. The van der Waals surface area contributed by atoms with Gasteiger partial charge in [0.25, 0.3) is 8.32 Å². The van der Waals surface area contributed by atoms with E-state index in [0.717, 1.165) is 117 Å². The van der Waals surface area contributed by atoms with Gasteiger partial charge in [0, 0.05) is 42.7 Å². The van der Waals surface area contributed by atoms with Crippen molar-refractivity contribution in [1.82, 2.24) is 34.7 Å². The van der Waals surface area contributed by atoms with Crippen molar-refractivity contribution in [2.45, 2.75) is 115 Å². The largest absolute Gasteiger partial charge is 0.424 e. The van der Waals surface area contributed by atoms with Gasteiger partial charge in [-0.3, -0.25) is 9.48 Å². The van der Waals surface area contributed by atoms with Crippen molar-refractivity contribution in [3.05, 3.63) is 109 Å². The molecule has 0 atom stereocenters. The maximum atomic E-state index is 13.3. The maximum Gasteiger partial charge on any atom is 0.258 e. The smallest absolute Gasteiger partial charge is 0.258 e. The lowest BCUT2D eigenvalue weighted by Crippen LogP contribution is -2.65. The van der Waals surface area contributed by atoms with Crippen molar-refractivity contribution in [2.24, 2.45) is 11.3 Å². The average molecular weight is 846 g/mol. The minimum absolute atomic E-state index is 0.223. The van der Waals surface area contributed by atoms with Crippen molar-refractivity contribution in [3.63, 3.8) is 0 Å². The molecular weight excluding hydrogens is 787 g/mol. The highest BCUT2D eigenvalue weighted by Crippen LogP contribution is 2.44. The van der Waals surface area contributed by atoms with Crippen LogP contribution in [0.5, 0.6) is 0 Å². The molecule has 3 fully saturated rings. The second-order valence-corrected chi connectivity index (χ2v) is 22.7. The van der Waals surface area contributed by atoms with Gasteiger partial charge in [-0.05, 0) is 104 Å². The molecule has 5 heterocycles. The third-order valence-electron chi connectivity index (χ3n) is 14.9. The molecule has 2 saturated carbocycles. The standard InChI is InChI=1S/C50H59N9O2Si/c1-4-50(48(60)55-40-12-11-13-40)26-28-57(29-27-50)45-23-20-37(31-52-45)46-47-38(30-51)32-54-59(47)35-44(56-46)39-33-53-58(34-39)41-21-18-36(19-22-41)24-25-49(2,3)62(61,42-14-7-5-8-15-42)43-16-9-6-10-17-43/h5-10,14-17,20,23,31-36,40-41,61H,4,11-13,18-19,21-22,24-29H2,1-3H3,(H,55,60). The first-order chi connectivity index (χ1) is 30.1. The maximum absolute atomic E-state index is 13.3. The predicted molar refractivity (Wildman–Crippen MR) is 247 cm³/mol. The van der Waals surface area contributed by atoms with E-state index in [2.05, 4.69) is 77.3 Å². The normalized spacial score (nSPS) is 19.5. The van der Waals surface area contributed by atoms with Gasteiger partial charge in [0.05, 0.1) is 41.4 Å². The summed E-state index contributed by atoms with van der Waals surface area (Å²) in [4.78, 5) is 38.3. The monoisotopic (exact) mass is 845 g/mol. The summed E-state index contributed by atoms with van der Waals surface area (Å²) < 4.78 is 3.86. The zero-order valence-electron chi connectivity index (χ0n) is 36.4. The number of hydrogen-bond donors (Lipinski definition) is 2. The van der Waals surface area contributed by atoms with Gasteiger partial charge in [0.2, 0.25) is 5.91 Å². The third kappa shape index (κ3) is 7.86. The topological polar surface area (TPSA) is 137 Å². The van der Waals surface area contributed by atoms with E-state index in [0.29, 0.717) is 34.8 Å². The number of carbonyl (C=O) groups is 1. The third-order valence-corrected chi connectivity index (χ3v) is 19.5. The highest BCUT2D eigenvalue weighted by molar-refractivity contribution is 6.98. The van der Waals surface area contributed by atoms with Gasteiger partial charge in [-0.15, -0.1) is 0 Å². The van der Waals surface area contributed by atoms with Crippen LogP contribution in [0.3, 0.4) is 0 Å². The Morgan fingerprint density at radius 3 is 2.18 bits per heavy atom. The molecule has 2 N–H and O–H groups in total. The summed E-state index contributed by atoms with van der Waals surface area (Å²) in [5.41, 5.74) is 3.88. The molecule has 0 radical (unpaired) electrons. The Morgan fingerprint density at radius 1 is 0.887 bits per heavy atom. The van der Waals surface area contributed by atoms with Gasteiger partial charge in [0.15, 0.2) is 0 Å². The van der Waals surface area contributed by atoms with Crippen LogP contribution < -0.4 is 20.6 Å². The van der Waals surface area contributed by atoms with Gasteiger partial charge < -0.3 is 15.0 Å². The van der Waals surface area contributed by atoms with Gasteiger partial charge in [-0.25, -0.2) is 14.5 Å². The van der Waals surface area contributed by atoms with Crippen molar-refractivity contribution >= 4 is 35.9 Å². The number of anilines is 1. The quantitative estimate of drug-likeness (QED) is 0.111. The number of pyridine rings is 1. The minimum atomic E-state index is -3.03. The van der Waals surface area contributed by atoms with Gasteiger partial charge in [0.1, 0.15) is 23.0 Å². The summed E-state index contributed by atoms with van der Waals surface area (Å²) in [6.07, 6.45) is 21.6. The van der Waals surface area contributed by atoms with Gasteiger partial charge in [-0.2, -0.15) is 15.5 Å². The molecule has 0 spiro atoms. The number of hydrogen-bond acceptors (Lipinski definition) is 8. The zero-order valence-corrected chi connectivity index (χ0v) is 37.4. The van der Waals surface area contributed by atoms with E-state index in [1.165, 1.54) is 6.42 Å². The van der Waals surface area contributed by atoms with E-state index in [9.17, 15) is 14.9 Å². The number of piperidine rings is 1. The number of rotatable bonds is 13. The molecule has 1 saturated heterocycles. The highest BCUT2D eigenvalue weighted by atomic mass is 28.4. The van der Waals surface area contributed by atoms with Crippen LogP contribution in [-0.2, 0) is 4.79 Å². The Labute approximate surface area is 366 Å². The Bertz CT molecular complexity index is 2490. The molecular formula is C50H59N9O2Si. The number of carbonyl (C=O) groups excluding carboxylic acids is 1. The van der Waals surface area contributed by atoms with E-state index in [4.69, 9.17) is 15.1 Å².